The number of rotatable bonds is 7. The van der Waals surface area contributed by atoms with Crippen LogP contribution in [0.2, 0.25) is 0 Å². The third kappa shape index (κ3) is 4.69. The van der Waals surface area contributed by atoms with Gasteiger partial charge < -0.3 is 15.4 Å². The van der Waals surface area contributed by atoms with Crippen LogP contribution in [0.3, 0.4) is 0 Å². The Morgan fingerprint density at radius 1 is 1.07 bits per heavy atom. The van der Waals surface area contributed by atoms with Crippen LogP contribution in [0, 0.1) is 11.3 Å². The molecule has 0 heterocycles. The van der Waals surface area contributed by atoms with E-state index in [2.05, 4.69) is 10.6 Å². The van der Waals surface area contributed by atoms with E-state index in [9.17, 15) is 14.0 Å². The van der Waals surface area contributed by atoms with Gasteiger partial charge in [-0.1, -0.05) is 6.42 Å². The number of hydrogen-bond acceptors (Lipinski definition) is 3. The van der Waals surface area contributed by atoms with Crippen molar-refractivity contribution >= 4 is 35.0 Å². The van der Waals surface area contributed by atoms with Crippen molar-refractivity contribution < 1.29 is 18.7 Å². The van der Waals surface area contributed by atoms with Gasteiger partial charge in [-0.15, -0.1) is 23.2 Å². The number of carbonyl (C=O) groups is 2. The molecule has 5 fully saturated rings. The second-order valence-corrected chi connectivity index (χ2v) is 10.9. The maximum Gasteiger partial charge on any atom is 0.246 e. The van der Waals surface area contributed by atoms with Gasteiger partial charge in [0.05, 0.1) is 16.9 Å². The minimum absolute atomic E-state index is 0.0629. The van der Waals surface area contributed by atoms with Crippen molar-refractivity contribution in [3.05, 3.63) is 0 Å². The molecule has 5 aliphatic carbocycles. The quantitative estimate of drug-likeness (QED) is 0.586. The molecule has 5 rings (SSSR count). The Morgan fingerprint density at radius 3 is 2.52 bits per heavy atom. The SMILES string of the molecule is O=C(COC1CCC(Cl)C(F)C1)NC12CC(C(=O)NCC3CCCC(Cl)C3)(C1)C2. The third-order valence-electron chi connectivity index (χ3n) is 7.28. The minimum Gasteiger partial charge on any atom is -0.368 e. The first kappa shape index (κ1) is 21.6. The highest BCUT2D eigenvalue weighted by atomic mass is 35.5. The zero-order valence-electron chi connectivity index (χ0n) is 16.7. The molecule has 5 aliphatic rings. The van der Waals surface area contributed by atoms with Crippen molar-refractivity contribution in [3.63, 3.8) is 0 Å². The van der Waals surface area contributed by atoms with Gasteiger partial charge in [0, 0.05) is 23.9 Å². The molecule has 5 saturated carbocycles. The van der Waals surface area contributed by atoms with E-state index < -0.39 is 11.5 Å². The van der Waals surface area contributed by atoms with Crippen LogP contribution in [-0.2, 0) is 14.3 Å². The highest BCUT2D eigenvalue weighted by molar-refractivity contribution is 6.21. The lowest BCUT2D eigenvalue weighted by Gasteiger charge is -2.69. The molecule has 5 atom stereocenters. The monoisotopic (exact) mass is 448 g/mol. The molecule has 0 radical (unpaired) electrons. The number of amides is 2. The first-order valence-electron chi connectivity index (χ1n) is 10.9. The Balaban J connectivity index is 1.13. The van der Waals surface area contributed by atoms with Crippen LogP contribution in [0.1, 0.15) is 64.2 Å². The van der Waals surface area contributed by atoms with Crippen molar-refractivity contribution in [2.75, 3.05) is 13.2 Å². The third-order valence-corrected chi connectivity index (χ3v) is 8.17. The molecule has 0 spiro atoms. The summed E-state index contributed by atoms with van der Waals surface area (Å²) < 4.78 is 19.2. The minimum atomic E-state index is -1.07. The molecule has 0 aromatic carbocycles. The fraction of sp³-hybridized carbons (Fsp3) is 0.905. The molecule has 5 unspecified atom stereocenters. The number of ether oxygens (including phenoxy) is 1. The molecule has 164 valence electrons. The van der Waals surface area contributed by atoms with Crippen LogP contribution < -0.4 is 10.6 Å². The molecule has 0 aliphatic heterocycles. The van der Waals surface area contributed by atoms with Gasteiger partial charge in [0.25, 0.3) is 0 Å². The van der Waals surface area contributed by atoms with Gasteiger partial charge in [-0.05, 0) is 57.3 Å². The summed E-state index contributed by atoms with van der Waals surface area (Å²) in [6, 6.07) is 0. The first-order chi connectivity index (χ1) is 13.8. The second kappa shape index (κ2) is 8.51. The summed E-state index contributed by atoms with van der Waals surface area (Å²) in [5.41, 5.74) is -0.552. The Kier molecular flexibility index (Phi) is 6.35. The Bertz CT molecular complexity index is 630. The normalized spacial score (nSPS) is 43.6. The maximum atomic E-state index is 13.7. The van der Waals surface area contributed by atoms with Crippen LogP contribution in [0.25, 0.3) is 0 Å². The molecule has 2 bridgehead atoms. The van der Waals surface area contributed by atoms with E-state index in [4.69, 9.17) is 27.9 Å². The second-order valence-electron chi connectivity index (χ2n) is 9.76. The highest BCUT2D eigenvalue weighted by Gasteiger charge is 2.72. The summed E-state index contributed by atoms with van der Waals surface area (Å²) in [5.74, 6) is 0.414. The van der Waals surface area contributed by atoms with Crippen LogP contribution in [0.15, 0.2) is 0 Å². The highest BCUT2D eigenvalue weighted by Crippen LogP contribution is 2.67. The predicted molar refractivity (Wildman–Crippen MR) is 110 cm³/mol. The zero-order chi connectivity index (χ0) is 20.6. The molecular formula is C21H31Cl2FN2O3. The van der Waals surface area contributed by atoms with Crippen LogP contribution in [0.4, 0.5) is 4.39 Å². The summed E-state index contributed by atoms with van der Waals surface area (Å²) in [7, 11) is 0. The van der Waals surface area contributed by atoms with Crippen molar-refractivity contribution in [1.82, 2.24) is 10.6 Å². The van der Waals surface area contributed by atoms with Gasteiger partial charge in [0.15, 0.2) is 0 Å². The van der Waals surface area contributed by atoms with E-state index >= 15 is 0 Å². The van der Waals surface area contributed by atoms with Crippen molar-refractivity contribution in [3.8, 4) is 0 Å². The standard InChI is InChI=1S/C21H31Cl2FN2O3/c22-14-3-1-2-13(6-14)8-25-19(28)20-10-21(11-20,12-20)26-18(27)9-29-15-4-5-16(23)17(24)7-15/h13-17H,1-12H2,(H,25,28)(H,26,27). The first-order valence-corrected chi connectivity index (χ1v) is 11.8. The summed E-state index contributed by atoms with van der Waals surface area (Å²) in [6.07, 6.45) is 6.60. The largest absolute Gasteiger partial charge is 0.368 e. The maximum absolute atomic E-state index is 13.7. The van der Waals surface area contributed by atoms with E-state index in [0.29, 0.717) is 44.6 Å². The summed E-state index contributed by atoms with van der Waals surface area (Å²) in [5, 5.41) is 5.94. The van der Waals surface area contributed by atoms with Crippen molar-refractivity contribution in [1.29, 1.82) is 0 Å². The van der Waals surface area contributed by atoms with E-state index in [1.165, 1.54) is 0 Å². The van der Waals surface area contributed by atoms with E-state index in [-0.39, 0.29) is 47.3 Å². The lowest BCUT2D eigenvalue weighted by atomic mass is 9.39. The Morgan fingerprint density at radius 2 is 1.83 bits per heavy atom. The van der Waals surface area contributed by atoms with E-state index in [1.807, 2.05) is 0 Å². The fourth-order valence-electron chi connectivity index (χ4n) is 5.72. The van der Waals surface area contributed by atoms with Crippen LogP contribution >= 0.6 is 23.2 Å². The number of alkyl halides is 3. The zero-order valence-corrected chi connectivity index (χ0v) is 18.2. The molecule has 5 nitrogen and oxygen atoms in total. The molecule has 0 aromatic heterocycles. The molecule has 0 aromatic rings. The van der Waals surface area contributed by atoms with Gasteiger partial charge in [-0.3, -0.25) is 9.59 Å². The molecular weight excluding hydrogens is 418 g/mol. The molecule has 0 saturated heterocycles. The molecule has 8 heteroatoms. The number of halogens is 3. The van der Waals surface area contributed by atoms with Crippen LogP contribution in [0.5, 0.6) is 0 Å². The predicted octanol–water partition coefficient (Wildman–Crippen LogP) is 3.45. The Hall–Kier alpha value is -0.590. The number of carbonyl (C=O) groups excluding carboxylic acids is 2. The van der Waals surface area contributed by atoms with Gasteiger partial charge in [0.2, 0.25) is 11.8 Å². The number of nitrogens with one attached hydrogen (secondary N) is 2. The summed E-state index contributed by atoms with van der Waals surface area (Å²) in [4.78, 5) is 24.8. The molecule has 29 heavy (non-hydrogen) atoms. The van der Waals surface area contributed by atoms with Gasteiger partial charge in [-0.25, -0.2) is 4.39 Å². The van der Waals surface area contributed by atoms with Gasteiger partial charge in [0.1, 0.15) is 12.8 Å². The Labute approximate surface area is 181 Å². The molecule has 2 amide bonds. The lowest BCUT2D eigenvalue weighted by molar-refractivity contribution is -0.185. The average Bonchev–Trinajstić information content (AvgIpc) is 2.62. The molecule has 2 N–H and O–H groups in total. The van der Waals surface area contributed by atoms with Crippen molar-refractivity contribution in [2.24, 2.45) is 11.3 Å². The van der Waals surface area contributed by atoms with Crippen molar-refractivity contribution in [2.45, 2.75) is 92.8 Å². The fourth-order valence-corrected chi connectivity index (χ4v) is 6.35. The summed E-state index contributed by atoms with van der Waals surface area (Å²) in [6.45, 7) is 0.643. The topological polar surface area (TPSA) is 67.4 Å². The van der Waals surface area contributed by atoms with Gasteiger partial charge in [-0.2, -0.15) is 0 Å². The van der Waals surface area contributed by atoms with E-state index in [1.54, 1.807) is 0 Å². The van der Waals surface area contributed by atoms with Crippen LogP contribution in [-0.4, -0.2) is 53.5 Å². The van der Waals surface area contributed by atoms with E-state index in [0.717, 1.165) is 25.7 Å². The average molecular weight is 449 g/mol. The number of hydrogen-bond donors (Lipinski definition) is 2. The van der Waals surface area contributed by atoms with Gasteiger partial charge >= 0.3 is 0 Å². The smallest absolute Gasteiger partial charge is 0.246 e. The summed E-state index contributed by atoms with van der Waals surface area (Å²) >= 11 is 12.1. The lowest BCUT2D eigenvalue weighted by Crippen LogP contribution is -2.78.